The zero-order valence-electron chi connectivity index (χ0n) is 19.6. The summed E-state index contributed by atoms with van der Waals surface area (Å²) in [4.78, 5) is 31.4. The maximum atomic E-state index is 14.1. The molecule has 4 aromatic rings. The van der Waals surface area contributed by atoms with Crippen LogP contribution in [0.2, 0.25) is 0 Å². The lowest BCUT2D eigenvalue weighted by Gasteiger charge is -2.16. The summed E-state index contributed by atoms with van der Waals surface area (Å²) in [7, 11) is 1.15. The third-order valence-electron chi connectivity index (χ3n) is 6.54. The van der Waals surface area contributed by atoms with E-state index in [-0.39, 0.29) is 35.2 Å². The van der Waals surface area contributed by atoms with Gasteiger partial charge in [-0.05, 0) is 36.2 Å². The van der Waals surface area contributed by atoms with Crippen molar-refractivity contribution in [2.45, 2.75) is 24.9 Å². The number of hydrogen-bond donors (Lipinski definition) is 0. The Labute approximate surface area is 208 Å². The highest BCUT2D eigenvalue weighted by Gasteiger charge is 2.38. The number of halogens is 4. The van der Waals surface area contributed by atoms with E-state index in [0.29, 0.717) is 18.5 Å². The van der Waals surface area contributed by atoms with Crippen LogP contribution in [0.1, 0.15) is 39.6 Å². The number of aromatic nitrogens is 2. The normalized spacial score (nSPS) is 15.9. The summed E-state index contributed by atoms with van der Waals surface area (Å²) in [6.07, 6.45) is -0.630. The molecular formula is C26H21F4N3O4. The smallest absolute Gasteiger partial charge is 0.420 e. The van der Waals surface area contributed by atoms with Crippen molar-refractivity contribution in [1.29, 1.82) is 0 Å². The van der Waals surface area contributed by atoms with Crippen LogP contribution in [0.15, 0.2) is 59.5 Å². The van der Waals surface area contributed by atoms with E-state index >= 15 is 0 Å². The van der Waals surface area contributed by atoms with Crippen molar-refractivity contribution in [3.05, 3.63) is 83.5 Å². The Balaban J connectivity index is 1.59. The molecule has 1 aliphatic rings. The van der Waals surface area contributed by atoms with Crippen molar-refractivity contribution in [2.24, 2.45) is 0 Å². The molecule has 1 aliphatic heterocycles. The standard InChI is InChI=1S/C26H21F4N3O4/c1-36-22(34)11-21-23(25(35)32-8-6-16(12-32)15-2-4-19(27)5-3-15)31-24-20(26(28,29)30)10-18(13-33(21)24)17-7-9-37-14-17/h2-5,7,9-10,13-14,16H,6,8,11-12H2,1H3. The lowest BCUT2D eigenvalue weighted by atomic mass is 9.99. The number of nitrogens with zero attached hydrogens (tertiary/aromatic N) is 3. The van der Waals surface area contributed by atoms with Gasteiger partial charge in [-0.2, -0.15) is 13.2 Å². The lowest BCUT2D eigenvalue weighted by molar-refractivity contribution is -0.140. The van der Waals surface area contributed by atoms with Gasteiger partial charge in [0.15, 0.2) is 5.69 Å². The summed E-state index contributed by atoms with van der Waals surface area (Å²) in [5, 5.41) is 0. The average molecular weight is 515 g/mol. The summed E-state index contributed by atoms with van der Waals surface area (Å²) in [5.41, 5.74) is -0.384. The van der Waals surface area contributed by atoms with Gasteiger partial charge in [0.25, 0.3) is 5.91 Å². The van der Waals surface area contributed by atoms with Crippen LogP contribution < -0.4 is 0 Å². The summed E-state index contributed by atoms with van der Waals surface area (Å²) in [6.45, 7) is 0.612. The first-order chi connectivity index (χ1) is 17.7. The van der Waals surface area contributed by atoms with Crippen LogP contribution in [0, 0.1) is 5.82 Å². The molecule has 1 unspecified atom stereocenters. The number of furan rings is 1. The lowest BCUT2D eigenvalue weighted by Crippen LogP contribution is -2.30. The first kappa shape index (κ1) is 24.5. The van der Waals surface area contributed by atoms with Crippen molar-refractivity contribution < 1.29 is 36.3 Å². The molecule has 11 heteroatoms. The number of carbonyl (C=O) groups is 2. The number of benzene rings is 1. The monoisotopic (exact) mass is 515 g/mol. The molecule has 0 N–H and O–H groups in total. The zero-order valence-corrected chi connectivity index (χ0v) is 19.6. The molecule has 0 spiro atoms. The van der Waals surface area contributed by atoms with Crippen LogP contribution in [-0.2, 0) is 22.1 Å². The van der Waals surface area contributed by atoms with Gasteiger partial charge in [0.1, 0.15) is 11.5 Å². The molecule has 0 saturated carbocycles. The fourth-order valence-corrected chi connectivity index (χ4v) is 4.64. The van der Waals surface area contributed by atoms with Crippen LogP contribution >= 0.6 is 0 Å². The number of carbonyl (C=O) groups excluding carboxylic acids is 2. The molecule has 1 fully saturated rings. The minimum absolute atomic E-state index is 0.00655. The molecule has 0 aliphatic carbocycles. The van der Waals surface area contributed by atoms with Crippen molar-refractivity contribution in [3.8, 4) is 11.1 Å². The van der Waals surface area contributed by atoms with Gasteiger partial charge in [-0.1, -0.05) is 12.1 Å². The minimum atomic E-state index is -4.78. The summed E-state index contributed by atoms with van der Waals surface area (Å²) < 4.78 is 66.5. The number of esters is 1. The first-order valence-corrected chi connectivity index (χ1v) is 11.4. The van der Waals surface area contributed by atoms with E-state index in [0.717, 1.165) is 23.1 Å². The van der Waals surface area contributed by atoms with Gasteiger partial charge in [0.2, 0.25) is 0 Å². The van der Waals surface area contributed by atoms with Crippen LogP contribution in [0.25, 0.3) is 16.8 Å². The van der Waals surface area contributed by atoms with E-state index in [1.165, 1.54) is 41.8 Å². The highest BCUT2D eigenvalue weighted by atomic mass is 19.4. The molecule has 1 saturated heterocycles. The predicted molar refractivity (Wildman–Crippen MR) is 123 cm³/mol. The Morgan fingerprint density at radius 3 is 2.57 bits per heavy atom. The maximum Gasteiger partial charge on any atom is 0.420 e. The fourth-order valence-electron chi connectivity index (χ4n) is 4.64. The third kappa shape index (κ3) is 4.68. The van der Waals surface area contributed by atoms with Gasteiger partial charge in [-0.15, -0.1) is 0 Å². The molecule has 4 heterocycles. The summed E-state index contributed by atoms with van der Waals surface area (Å²) >= 11 is 0. The molecule has 1 atom stereocenters. The SMILES string of the molecule is COC(=O)Cc1c(C(=O)N2CCC(c3ccc(F)cc3)C2)nc2c(C(F)(F)F)cc(-c3ccoc3)cn12. The van der Waals surface area contributed by atoms with Gasteiger partial charge in [0, 0.05) is 36.3 Å². The van der Waals surface area contributed by atoms with Crippen LogP contribution in [0.3, 0.4) is 0 Å². The number of likely N-dealkylation sites (tertiary alicyclic amines) is 1. The molecule has 1 amide bonds. The Morgan fingerprint density at radius 2 is 1.92 bits per heavy atom. The van der Waals surface area contributed by atoms with E-state index < -0.39 is 35.7 Å². The first-order valence-electron chi connectivity index (χ1n) is 11.4. The number of pyridine rings is 1. The van der Waals surface area contributed by atoms with Gasteiger partial charge in [-0.3, -0.25) is 9.59 Å². The number of ether oxygens (including phenoxy) is 1. The fraction of sp³-hybridized carbons (Fsp3) is 0.269. The molecule has 192 valence electrons. The zero-order chi connectivity index (χ0) is 26.3. The highest BCUT2D eigenvalue weighted by Crippen LogP contribution is 2.37. The number of amides is 1. The van der Waals surface area contributed by atoms with Gasteiger partial charge in [0.05, 0.1) is 37.3 Å². The molecule has 1 aromatic carbocycles. The molecule has 5 rings (SSSR count). The van der Waals surface area contributed by atoms with Crippen molar-refractivity contribution in [2.75, 3.05) is 20.2 Å². The second kappa shape index (κ2) is 9.38. The topological polar surface area (TPSA) is 77.1 Å². The van der Waals surface area contributed by atoms with E-state index in [2.05, 4.69) is 4.98 Å². The molecule has 37 heavy (non-hydrogen) atoms. The number of methoxy groups -OCH3 is 1. The molecule has 3 aromatic heterocycles. The van der Waals surface area contributed by atoms with Gasteiger partial charge in [-0.25, -0.2) is 9.37 Å². The summed E-state index contributed by atoms with van der Waals surface area (Å²) in [6, 6.07) is 8.41. The molecule has 7 nitrogen and oxygen atoms in total. The number of fused-ring (bicyclic) bond motifs is 1. The third-order valence-corrected chi connectivity index (χ3v) is 6.54. The average Bonchev–Trinajstić information content (AvgIpc) is 3.63. The van der Waals surface area contributed by atoms with E-state index in [1.54, 1.807) is 12.1 Å². The maximum absolute atomic E-state index is 14.1. The predicted octanol–water partition coefficient (Wildman–Crippen LogP) is 5.10. The second-order valence-electron chi connectivity index (χ2n) is 8.79. The Bertz CT molecular complexity index is 1460. The highest BCUT2D eigenvalue weighted by molar-refractivity contribution is 5.96. The summed E-state index contributed by atoms with van der Waals surface area (Å²) in [5.74, 6) is -1.76. The van der Waals surface area contributed by atoms with Gasteiger partial charge < -0.3 is 18.5 Å². The van der Waals surface area contributed by atoms with Crippen LogP contribution in [0.4, 0.5) is 17.6 Å². The van der Waals surface area contributed by atoms with E-state index in [1.807, 2.05) is 0 Å². The van der Waals surface area contributed by atoms with Crippen molar-refractivity contribution >= 4 is 17.5 Å². The van der Waals surface area contributed by atoms with E-state index in [9.17, 15) is 27.2 Å². The van der Waals surface area contributed by atoms with Crippen molar-refractivity contribution in [3.63, 3.8) is 0 Å². The number of rotatable bonds is 5. The van der Waals surface area contributed by atoms with Crippen LogP contribution in [0.5, 0.6) is 0 Å². The number of alkyl halides is 3. The Hall–Kier alpha value is -4.15. The number of hydrogen-bond acceptors (Lipinski definition) is 5. The Morgan fingerprint density at radius 1 is 1.16 bits per heavy atom. The minimum Gasteiger partial charge on any atom is -0.472 e. The second-order valence-corrected chi connectivity index (χ2v) is 8.79. The van der Waals surface area contributed by atoms with Gasteiger partial charge >= 0.3 is 12.1 Å². The largest absolute Gasteiger partial charge is 0.472 e. The molecule has 0 bridgehead atoms. The molecule has 0 radical (unpaired) electrons. The quantitative estimate of drug-likeness (QED) is 0.273. The van der Waals surface area contributed by atoms with Crippen molar-refractivity contribution in [1.82, 2.24) is 14.3 Å². The Kier molecular flexibility index (Phi) is 6.22. The van der Waals surface area contributed by atoms with E-state index in [4.69, 9.17) is 9.15 Å². The van der Waals surface area contributed by atoms with Crippen LogP contribution in [-0.4, -0.2) is 46.4 Å². The molecular weight excluding hydrogens is 494 g/mol. The number of imidazole rings is 1.